The molecular formula is C15H25N3O. The Morgan fingerprint density at radius 1 is 1.37 bits per heavy atom. The van der Waals surface area contributed by atoms with E-state index < -0.39 is 0 Å². The fourth-order valence-electron chi connectivity index (χ4n) is 2.55. The molecule has 0 aliphatic carbocycles. The third-order valence-electron chi connectivity index (χ3n) is 3.34. The molecule has 0 radical (unpaired) electrons. The summed E-state index contributed by atoms with van der Waals surface area (Å²) in [6.45, 7) is 11.3. The molecule has 2 atom stereocenters. The summed E-state index contributed by atoms with van der Waals surface area (Å²) in [5.41, 5.74) is 2.54. The van der Waals surface area contributed by atoms with E-state index in [1.807, 2.05) is 12.4 Å². The summed E-state index contributed by atoms with van der Waals surface area (Å²) in [7, 11) is 0. The highest BCUT2D eigenvalue weighted by Crippen LogP contribution is 2.23. The minimum Gasteiger partial charge on any atom is -0.372 e. The highest BCUT2D eigenvalue weighted by Gasteiger charge is 2.23. The fourth-order valence-corrected chi connectivity index (χ4v) is 2.55. The molecule has 0 aromatic carbocycles. The number of nitrogens with one attached hydrogen (secondary N) is 1. The van der Waals surface area contributed by atoms with Crippen LogP contribution in [0.4, 0.5) is 5.69 Å². The highest BCUT2D eigenvalue weighted by molar-refractivity contribution is 5.52. The van der Waals surface area contributed by atoms with Gasteiger partial charge in [-0.3, -0.25) is 4.98 Å². The number of hydrogen-bond acceptors (Lipinski definition) is 4. The fraction of sp³-hybridized carbons (Fsp3) is 0.667. The first-order valence-corrected chi connectivity index (χ1v) is 7.13. The summed E-state index contributed by atoms with van der Waals surface area (Å²) in [6.07, 6.45) is 4.40. The van der Waals surface area contributed by atoms with Crippen LogP contribution in [0.25, 0.3) is 0 Å². The number of hydrogen-bond donors (Lipinski definition) is 1. The van der Waals surface area contributed by atoms with E-state index in [4.69, 9.17) is 4.74 Å². The Morgan fingerprint density at radius 2 is 2.05 bits per heavy atom. The van der Waals surface area contributed by atoms with Gasteiger partial charge in [-0.1, -0.05) is 13.8 Å². The first kappa shape index (κ1) is 14.3. The Balaban J connectivity index is 2.14. The van der Waals surface area contributed by atoms with Crippen LogP contribution in [-0.4, -0.2) is 36.3 Å². The Morgan fingerprint density at radius 3 is 2.68 bits per heavy atom. The highest BCUT2D eigenvalue weighted by atomic mass is 16.5. The van der Waals surface area contributed by atoms with Crippen LogP contribution in [0.5, 0.6) is 0 Å². The lowest BCUT2D eigenvalue weighted by molar-refractivity contribution is -0.00527. The van der Waals surface area contributed by atoms with E-state index in [2.05, 4.69) is 49.0 Å². The molecule has 2 heterocycles. The van der Waals surface area contributed by atoms with Crippen LogP contribution in [0.15, 0.2) is 18.5 Å². The molecule has 0 amide bonds. The van der Waals surface area contributed by atoms with Gasteiger partial charge >= 0.3 is 0 Å². The van der Waals surface area contributed by atoms with Gasteiger partial charge in [0.15, 0.2) is 0 Å². The van der Waals surface area contributed by atoms with Gasteiger partial charge in [0.2, 0.25) is 0 Å². The van der Waals surface area contributed by atoms with Gasteiger partial charge in [0, 0.05) is 49.3 Å². The summed E-state index contributed by atoms with van der Waals surface area (Å²) in [5.74, 6) is 0. The molecule has 1 aromatic rings. The molecule has 1 N–H and O–H groups in total. The first-order valence-electron chi connectivity index (χ1n) is 7.13. The minimum atomic E-state index is 0.280. The van der Waals surface area contributed by atoms with Crippen molar-refractivity contribution in [3.63, 3.8) is 0 Å². The van der Waals surface area contributed by atoms with E-state index in [1.54, 1.807) is 0 Å². The number of rotatable bonds is 4. The molecule has 4 heteroatoms. The monoisotopic (exact) mass is 263 g/mol. The molecule has 1 fully saturated rings. The third kappa shape index (κ3) is 3.91. The molecule has 0 spiro atoms. The molecular weight excluding hydrogens is 238 g/mol. The summed E-state index contributed by atoms with van der Waals surface area (Å²) < 4.78 is 5.80. The van der Waals surface area contributed by atoms with Crippen LogP contribution in [-0.2, 0) is 11.3 Å². The lowest BCUT2D eigenvalue weighted by atomic mass is 10.1. The molecule has 1 saturated heterocycles. The quantitative estimate of drug-likeness (QED) is 0.903. The molecule has 1 aliphatic rings. The van der Waals surface area contributed by atoms with Gasteiger partial charge in [-0.2, -0.15) is 0 Å². The van der Waals surface area contributed by atoms with Crippen LogP contribution in [0.2, 0.25) is 0 Å². The SMILES string of the molecule is CC(C)NCc1cnccc1N1C[C@@H](C)O[C@@H](C)C1. The Hall–Kier alpha value is -1.13. The number of pyridine rings is 1. The van der Waals surface area contributed by atoms with Crippen molar-refractivity contribution in [2.45, 2.75) is 52.5 Å². The first-order chi connectivity index (χ1) is 9.06. The smallest absolute Gasteiger partial charge is 0.0726 e. The second-order valence-electron chi connectivity index (χ2n) is 5.70. The predicted molar refractivity (Wildman–Crippen MR) is 78.4 cm³/mol. The Labute approximate surface area is 116 Å². The van der Waals surface area contributed by atoms with Crippen molar-refractivity contribution < 1.29 is 4.74 Å². The maximum atomic E-state index is 5.80. The minimum absolute atomic E-state index is 0.280. The molecule has 0 unspecified atom stereocenters. The van der Waals surface area contributed by atoms with E-state index in [0.29, 0.717) is 6.04 Å². The molecule has 4 nitrogen and oxygen atoms in total. The van der Waals surface area contributed by atoms with Gasteiger partial charge in [-0.25, -0.2) is 0 Å². The number of morpholine rings is 1. The van der Waals surface area contributed by atoms with E-state index in [9.17, 15) is 0 Å². The Kier molecular flexibility index (Phi) is 4.77. The predicted octanol–water partition coefficient (Wildman–Crippen LogP) is 2.19. The lowest BCUT2D eigenvalue weighted by Gasteiger charge is -2.37. The number of anilines is 1. The second-order valence-corrected chi connectivity index (χ2v) is 5.70. The molecule has 0 bridgehead atoms. The standard InChI is InChI=1S/C15H25N3O/c1-11(2)17-8-14-7-16-6-5-15(14)18-9-12(3)19-13(4)10-18/h5-7,11-13,17H,8-10H2,1-4H3/t12-,13+. The van der Waals surface area contributed by atoms with Crippen molar-refractivity contribution in [1.82, 2.24) is 10.3 Å². The van der Waals surface area contributed by atoms with E-state index in [1.165, 1.54) is 11.3 Å². The van der Waals surface area contributed by atoms with Gasteiger partial charge in [-0.15, -0.1) is 0 Å². The number of ether oxygens (including phenoxy) is 1. The zero-order valence-corrected chi connectivity index (χ0v) is 12.4. The van der Waals surface area contributed by atoms with Crippen LogP contribution in [0.1, 0.15) is 33.3 Å². The summed E-state index contributed by atoms with van der Waals surface area (Å²) in [5, 5.41) is 3.47. The largest absolute Gasteiger partial charge is 0.372 e. The summed E-state index contributed by atoms with van der Waals surface area (Å²) in [4.78, 5) is 6.67. The van der Waals surface area contributed by atoms with Gasteiger partial charge < -0.3 is 15.0 Å². The van der Waals surface area contributed by atoms with Gasteiger partial charge in [0.05, 0.1) is 12.2 Å². The van der Waals surface area contributed by atoms with E-state index in [0.717, 1.165) is 19.6 Å². The van der Waals surface area contributed by atoms with Crippen LogP contribution >= 0.6 is 0 Å². The molecule has 2 rings (SSSR count). The van der Waals surface area contributed by atoms with Crippen molar-refractivity contribution in [3.05, 3.63) is 24.0 Å². The van der Waals surface area contributed by atoms with Crippen molar-refractivity contribution in [3.8, 4) is 0 Å². The lowest BCUT2D eigenvalue weighted by Crippen LogP contribution is -2.46. The topological polar surface area (TPSA) is 37.4 Å². The Bertz CT molecular complexity index is 398. The van der Waals surface area contributed by atoms with Crippen LogP contribution in [0, 0.1) is 0 Å². The zero-order valence-electron chi connectivity index (χ0n) is 12.4. The van der Waals surface area contributed by atoms with Crippen molar-refractivity contribution in [2.24, 2.45) is 0 Å². The van der Waals surface area contributed by atoms with Gasteiger partial charge in [0.25, 0.3) is 0 Å². The number of nitrogens with zero attached hydrogens (tertiary/aromatic N) is 2. The van der Waals surface area contributed by atoms with E-state index >= 15 is 0 Å². The molecule has 0 saturated carbocycles. The maximum absolute atomic E-state index is 5.80. The number of aromatic nitrogens is 1. The molecule has 1 aliphatic heterocycles. The van der Waals surface area contributed by atoms with Gasteiger partial charge in [-0.05, 0) is 19.9 Å². The zero-order chi connectivity index (χ0) is 13.8. The molecule has 19 heavy (non-hydrogen) atoms. The molecule has 106 valence electrons. The van der Waals surface area contributed by atoms with Crippen molar-refractivity contribution in [2.75, 3.05) is 18.0 Å². The maximum Gasteiger partial charge on any atom is 0.0726 e. The second kappa shape index (κ2) is 6.35. The van der Waals surface area contributed by atoms with Crippen molar-refractivity contribution in [1.29, 1.82) is 0 Å². The summed E-state index contributed by atoms with van der Waals surface area (Å²) in [6, 6.07) is 2.60. The average molecular weight is 263 g/mol. The molecule has 1 aromatic heterocycles. The van der Waals surface area contributed by atoms with E-state index in [-0.39, 0.29) is 12.2 Å². The van der Waals surface area contributed by atoms with Crippen molar-refractivity contribution >= 4 is 5.69 Å². The average Bonchev–Trinajstić information content (AvgIpc) is 2.35. The van der Waals surface area contributed by atoms with Crippen LogP contribution < -0.4 is 10.2 Å². The van der Waals surface area contributed by atoms with Crippen LogP contribution in [0.3, 0.4) is 0 Å². The van der Waals surface area contributed by atoms with Gasteiger partial charge in [0.1, 0.15) is 0 Å². The third-order valence-corrected chi connectivity index (χ3v) is 3.34. The normalized spacial score (nSPS) is 23.9. The summed E-state index contributed by atoms with van der Waals surface area (Å²) >= 11 is 0.